The number of hydrogen-bond donors (Lipinski definition) is 0. The molecular weight excluding hydrogens is 488 g/mol. The van der Waals surface area contributed by atoms with Crippen molar-refractivity contribution in [2.75, 3.05) is 0 Å². The Morgan fingerprint density at radius 2 is 0.944 bits per heavy atom. The quantitative estimate of drug-likeness (QED) is 0.427. The lowest BCUT2D eigenvalue weighted by molar-refractivity contribution is 0.917. The fraction of sp³-hybridized carbons (Fsp3) is 0.143. The van der Waals surface area contributed by atoms with Crippen molar-refractivity contribution in [3.63, 3.8) is 0 Å². The lowest BCUT2D eigenvalue weighted by atomic mass is 9.93. The molecule has 0 fully saturated rings. The molecule has 0 aliphatic carbocycles. The highest BCUT2D eigenvalue weighted by Gasteiger charge is 2.20. The molecule has 0 aliphatic rings. The molecule has 0 N–H and O–H groups in total. The van der Waals surface area contributed by atoms with Crippen molar-refractivity contribution in [1.29, 1.82) is 0 Å². The number of hydrogen-bond acceptors (Lipinski definition) is 0. The molecule has 2 aromatic rings. The van der Waals surface area contributed by atoms with Crippen LogP contribution in [0.2, 0.25) is 0 Å². The summed E-state index contributed by atoms with van der Waals surface area (Å²) in [5, 5.41) is 0. The van der Waals surface area contributed by atoms with E-state index < -0.39 is 0 Å². The summed E-state index contributed by atoms with van der Waals surface area (Å²) in [6, 6.07) is 16.9. The highest BCUT2D eigenvalue weighted by atomic mass is 79.9. The maximum Gasteiger partial charge on any atom is 0.0806 e. The zero-order chi connectivity index (χ0) is 13.1. The second-order valence-corrected chi connectivity index (χ2v) is 8.95. The van der Waals surface area contributed by atoms with Gasteiger partial charge in [-0.3, -0.25) is 0 Å². The molecule has 0 amide bonds. The summed E-state index contributed by atoms with van der Waals surface area (Å²) in [5.74, 6) is 0.284. The van der Waals surface area contributed by atoms with Gasteiger partial charge in [0, 0.05) is 14.9 Å². The Morgan fingerprint density at radius 1 is 0.611 bits per heavy atom. The Hall–Kier alpha value is 0.360. The standard InChI is InChI=1S/C14H10Br4/c15-11-5-1-9(2-6-11)13(14(17)18)10-3-7-12(16)8-4-10/h1-8,13-14H. The minimum Gasteiger partial charge on any atom is -0.0754 e. The van der Waals surface area contributed by atoms with E-state index in [-0.39, 0.29) is 9.65 Å². The molecule has 0 bridgehead atoms. The zero-order valence-electron chi connectivity index (χ0n) is 9.29. The summed E-state index contributed by atoms with van der Waals surface area (Å²) in [6.45, 7) is 0. The van der Waals surface area contributed by atoms with Crippen LogP contribution in [0.5, 0.6) is 0 Å². The SMILES string of the molecule is Brc1ccc(C(c2ccc(Br)cc2)C(Br)Br)cc1. The maximum absolute atomic E-state index is 3.64. The van der Waals surface area contributed by atoms with Crippen molar-refractivity contribution in [2.24, 2.45) is 0 Å². The van der Waals surface area contributed by atoms with Gasteiger partial charge in [0.25, 0.3) is 0 Å². The van der Waals surface area contributed by atoms with E-state index in [0.717, 1.165) is 8.95 Å². The summed E-state index contributed by atoms with van der Waals surface area (Å²) >= 11 is 14.2. The average Bonchev–Trinajstić information content (AvgIpc) is 2.34. The van der Waals surface area contributed by atoms with Crippen LogP contribution in [0.4, 0.5) is 0 Å². The number of rotatable bonds is 3. The van der Waals surface area contributed by atoms with E-state index in [9.17, 15) is 0 Å². The van der Waals surface area contributed by atoms with Gasteiger partial charge in [-0.05, 0) is 35.4 Å². The van der Waals surface area contributed by atoms with Gasteiger partial charge in [0.15, 0.2) is 0 Å². The maximum atomic E-state index is 3.64. The van der Waals surface area contributed by atoms with Crippen molar-refractivity contribution >= 4 is 63.7 Å². The first kappa shape index (κ1) is 14.8. The second kappa shape index (κ2) is 6.69. The Labute approximate surface area is 141 Å². The predicted molar refractivity (Wildman–Crippen MR) is 91.8 cm³/mol. The molecule has 0 saturated carbocycles. The Morgan fingerprint density at radius 3 is 1.22 bits per heavy atom. The van der Waals surface area contributed by atoms with Gasteiger partial charge in [-0.15, -0.1) is 0 Å². The minimum absolute atomic E-state index is 0.201. The van der Waals surface area contributed by atoms with Crippen molar-refractivity contribution in [2.45, 2.75) is 9.65 Å². The molecule has 0 spiro atoms. The van der Waals surface area contributed by atoms with Crippen molar-refractivity contribution in [3.8, 4) is 0 Å². The molecule has 0 atom stereocenters. The van der Waals surface area contributed by atoms with Gasteiger partial charge >= 0.3 is 0 Å². The van der Waals surface area contributed by atoms with E-state index in [2.05, 4.69) is 112 Å². The van der Waals surface area contributed by atoms with Gasteiger partial charge in [-0.1, -0.05) is 88.0 Å². The smallest absolute Gasteiger partial charge is 0.0754 e. The molecular formula is C14H10Br4. The topological polar surface area (TPSA) is 0 Å². The molecule has 0 radical (unpaired) electrons. The van der Waals surface area contributed by atoms with Crippen molar-refractivity contribution in [1.82, 2.24) is 0 Å². The first-order chi connectivity index (χ1) is 8.58. The van der Waals surface area contributed by atoms with Gasteiger partial charge in [0.2, 0.25) is 0 Å². The van der Waals surface area contributed by atoms with E-state index >= 15 is 0 Å². The van der Waals surface area contributed by atoms with Gasteiger partial charge in [-0.25, -0.2) is 0 Å². The summed E-state index contributed by atoms with van der Waals surface area (Å²) in [4.78, 5) is 0. The number of alkyl halides is 2. The van der Waals surface area contributed by atoms with Crippen molar-refractivity contribution < 1.29 is 0 Å². The summed E-state index contributed by atoms with van der Waals surface area (Å²) in [6.07, 6.45) is 0. The molecule has 4 heteroatoms. The predicted octanol–water partition coefficient (Wildman–Crippen LogP) is 6.46. The van der Waals surface area contributed by atoms with Gasteiger partial charge < -0.3 is 0 Å². The minimum atomic E-state index is 0.201. The van der Waals surface area contributed by atoms with Gasteiger partial charge in [0.05, 0.1) is 3.74 Å². The molecule has 0 aromatic heterocycles. The van der Waals surface area contributed by atoms with E-state index in [4.69, 9.17) is 0 Å². The zero-order valence-corrected chi connectivity index (χ0v) is 15.6. The monoisotopic (exact) mass is 494 g/mol. The molecule has 0 nitrogen and oxygen atoms in total. The lowest BCUT2D eigenvalue weighted by Crippen LogP contribution is -2.08. The third-order valence-corrected chi connectivity index (χ3v) is 4.82. The van der Waals surface area contributed by atoms with Crippen LogP contribution in [0.15, 0.2) is 57.5 Å². The molecule has 2 aromatic carbocycles. The van der Waals surface area contributed by atoms with E-state index in [0.29, 0.717) is 0 Å². The molecule has 94 valence electrons. The Kier molecular flexibility index (Phi) is 5.48. The van der Waals surface area contributed by atoms with Gasteiger partial charge in [-0.2, -0.15) is 0 Å². The van der Waals surface area contributed by atoms with Crippen LogP contribution in [-0.4, -0.2) is 3.74 Å². The molecule has 2 rings (SSSR count). The molecule has 18 heavy (non-hydrogen) atoms. The molecule has 0 unspecified atom stereocenters. The van der Waals surface area contributed by atoms with Gasteiger partial charge in [0.1, 0.15) is 0 Å². The highest BCUT2D eigenvalue weighted by Crippen LogP contribution is 2.36. The lowest BCUT2D eigenvalue weighted by Gasteiger charge is -2.19. The summed E-state index contributed by atoms with van der Waals surface area (Å²) in [5.41, 5.74) is 2.55. The molecule has 0 aliphatic heterocycles. The van der Waals surface area contributed by atoms with E-state index in [1.165, 1.54) is 11.1 Å². The third-order valence-electron chi connectivity index (χ3n) is 2.71. The molecule has 0 saturated heterocycles. The number of halogens is 4. The van der Waals surface area contributed by atoms with Crippen molar-refractivity contribution in [3.05, 3.63) is 68.6 Å². The highest BCUT2D eigenvalue weighted by molar-refractivity contribution is 9.24. The van der Waals surface area contributed by atoms with Crippen LogP contribution in [0.25, 0.3) is 0 Å². The second-order valence-electron chi connectivity index (χ2n) is 3.92. The van der Waals surface area contributed by atoms with Crippen LogP contribution < -0.4 is 0 Å². The van der Waals surface area contributed by atoms with Crippen LogP contribution in [0.1, 0.15) is 17.0 Å². The Balaban J connectivity index is 2.39. The van der Waals surface area contributed by atoms with Crippen LogP contribution in [0.3, 0.4) is 0 Å². The fourth-order valence-corrected chi connectivity index (χ4v) is 3.57. The molecule has 0 heterocycles. The third kappa shape index (κ3) is 3.69. The van der Waals surface area contributed by atoms with Crippen LogP contribution in [-0.2, 0) is 0 Å². The van der Waals surface area contributed by atoms with Crippen LogP contribution in [0, 0.1) is 0 Å². The largest absolute Gasteiger partial charge is 0.0806 e. The first-order valence-electron chi connectivity index (χ1n) is 5.37. The number of benzene rings is 2. The Bertz CT molecular complexity index is 457. The fourth-order valence-electron chi connectivity index (χ4n) is 1.82. The van der Waals surface area contributed by atoms with Crippen LogP contribution >= 0.6 is 63.7 Å². The van der Waals surface area contributed by atoms with E-state index in [1.54, 1.807) is 0 Å². The normalized spacial score (nSPS) is 11.2. The summed E-state index contributed by atoms with van der Waals surface area (Å²) in [7, 11) is 0. The van der Waals surface area contributed by atoms with E-state index in [1.807, 2.05) is 0 Å². The summed E-state index contributed by atoms with van der Waals surface area (Å²) < 4.78 is 2.40. The average molecular weight is 498 g/mol. The first-order valence-corrected chi connectivity index (χ1v) is 8.79.